The Morgan fingerprint density at radius 3 is 2.94 bits per heavy atom. The van der Waals surface area contributed by atoms with Gasteiger partial charge in [0.15, 0.2) is 0 Å². The second kappa shape index (κ2) is 5.04. The fraction of sp³-hybridized carbons (Fsp3) is 0.571. The Hall–Kier alpha value is -1.45. The number of aromatic nitrogens is 1. The molecule has 2 rings (SSSR count). The van der Waals surface area contributed by atoms with Gasteiger partial charge in [-0.3, -0.25) is 9.78 Å². The summed E-state index contributed by atoms with van der Waals surface area (Å²) in [5, 5.41) is 9.49. The van der Waals surface area contributed by atoms with E-state index in [1.54, 1.807) is 6.20 Å². The lowest BCUT2D eigenvalue weighted by Crippen LogP contribution is -2.30. The number of carbonyl (C=O) groups is 1. The van der Waals surface area contributed by atoms with Gasteiger partial charge < -0.3 is 5.11 Å². The summed E-state index contributed by atoms with van der Waals surface area (Å²) < 4.78 is 13.1. The third kappa shape index (κ3) is 2.52. The van der Waals surface area contributed by atoms with Crippen LogP contribution >= 0.6 is 0 Å². The highest BCUT2D eigenvalue weighted by Crippen LogP contribution is 2.45. The average molecular weight is 251 g/mol. The van der Waals surface area contributed by atoms with Crippen LogP contribution < -0.4 is 0 Å². The molecule has 1 saturated carbocycles. The van der Waals surface area contributed by atoms with Crippen LogP contribution in [0.15, 0.2) is 18.5 Å². The molecule has 18 heavy (non-hydrogen) atoms. The molecule has 0 amide bonds. The maximum atomic E-state index is 13.1. The molecule has 1 aromatic rings. The molecule has 1 heterocycles. The van der Waals surface area contributed by atoms with Crippen LogP contribution in [-0.2, 0) is 11.2 Å². The van der Waals surface area contributed by atoms with Gasteiger partial charge in [-0.1, -0.05) is 13.3 Å². The number of rotatable bonds is 4. The first-order chi connectivity index (χ1) is 8.55. The van der Waals surface area contributed by atoms with Gasteiger partial charge in [0.25, 0.3) is 0 Å². The van der Waals surface area contributed by atoms with E-state index < -0.39 is 17.2 Å². The minimum atomic E-state index is -0.761. The van der Waals surface area contributed by atoms with Crippen LogP contribution in [0.1, 0.15) is 38.2 Å². The van der Waals surface area contributed by atoms with E-state index in [0.717, 1.165) is 19.0 Å². The van der Waals surface area contributed by atoms with Gasteiger partial charge >= 0.3 is 5.97 Å². The SMILES string of the molecule is CCC1CCC(Cc2cncc(F)c2)(C(=O)O)C1. The number of pyridine rings is 1. The van der Waals surface area contributed by atoms with E-state index in [0.29, 0.717) is 30.7 Å². The van der Waals surface area contributed by atoms with E-state index in [9.17, 15) is 14.3 Å². The van der Waals surface area contributed by atoms with Gasteiger partial charge in [-0.05, 0) is 43.2 Å². The monoisotopic (exact) mass is 251 g/mol. The molecule has 0 aromatic carbocycles. The molecule has 1 aliphatic carbocycles. The van der Waals surface area contributed by atoms with Gasteiger partial charge in [-0.15, -0.1) is 0 Å². The number of hydrogen-bond acceptors (Lipinski definition) is 2. The first-order valence-electron chi connectivity index (χ1n) is 6.38. The van der Waals surface area contributed by atoms with Crippen molar-refractivity contribution in [1.29, 1.82) is 0 Å². The lowest BCUT2D eigenvalue weighted by atomic mass is 9.79. The summed E-state index contributed by atoms with van der Waals surface area (Å²) in [7, 11) is 0. The fourth-order valence-electron chi connectivity index (χ4n) is 2.96. The molecule has 4 heteroatoms. The Bertz CT molecular complexity index is 449. The Balaban J connectivity index is 2.20. The van der Waals surface area contributed by atoms with E-state index in [1.165, 1.54) is 6.07 Å². The highest BCUT2D eigenvalue weighted by molar-refractivity contribution is 5.75. The zero-order valence-electron chi connectivity index (χ0n) is 10.5. The normalized spacial score (nSPS) is 27.3. The molecule has 0 radical (unpaired) electrons. The molecular weight excluding hydrogens is 233 g/mol. The molecule has 2 unspecified atom stereocenters. The number of carboxylic acid groups (broad SMARTS) is 1. The number of carboxylic acids is 1. The molecule has 1 aromatic heterocycles. The first kappa shape index (κ1) is 13.0. The summed E-state index contributed by atoms with van der Waals surface area (Å²) >= 11 is 0. The molecule has 2 atom stereocenters. The van der Waals surface area contributed by atoms with Gasteiger partial charge in [-0.25, -0.2) is 4.39 Å². The summed E-state index contributed by atoms with van der Waals surface area (Å²) in [6, 6.07) is 1.39. The Morgan fingerprint density at radius 2 is 2.39 bits per heavy atom. The Labute approximate surface area is 106 Å². The zero-order chi connectivity index (χ0) is 13.2. The Morgan fingerprint density at radius 1 is 1.61 bits per heavy atom. The number of nitrogens with zero attached hydrogens (tertiary/aromatic N) is 1. The molecule has 98 valence electrons. The van der Waals surface area contributed by atoms with Crippen molar-refractivity contribution in [3.8, 4) is 0 Å². The second-order valence-electron chi connectivity index (χ2n) is 5.29. The summed E-state index contributed by atoms with van der Waals surface area (Å²) in [6.07, 6.45) is 6.41. The number of hydrogen-bond donors (Lipinski definition) is 1. The van der Waals surface area contributed by atoms with Crippen molar-refractivity contribution in [2.45, 2.75) is 39.0 Å². The minimum Gasteiger partial charge on any atom is -0.481 e. The van der Waals surface area contributed by atoms with Crippen molar-refractivity contribution < 1.29 is 14.3 Å². The highest BCUT2D eigenvalue weighted by Gasteiger charge is 2.44. The van der Waals surface area contributed by atoms with Gasteiger partial charge in [0.1, 0.15) is 5.82 Å². The van der Waals surface area contributed by atoms with E-state index in [-0.39, 0.29) is 0 Å². The van der Waals surface area contributed by atoms with Crippen LogP contribution in [-0.4, -0.2) is 16.1 Å². The van der Waals surface area contributed by atoms with E-state index in [2.05, 4.69) is 11.9 Å². The zero-order valence-corrected chi connectivity index (χ0v) is 10.5. The largest absolute Gasteiger partial charge is 0.481 e. The van der Waals surface area contributed by atoms with E-state index in [4.69, 9.17) is 0 Å². The summed E-state index contributed by atoms with van der Waals surface area (Å²) in [5.74, 6) is -0.691. The molecule has 3 nitrogen and oxygen atoms in total. The Kier molecular flexibility index (Phi) is 3.64. The molecule has 0 bridgehead atoms. The third-order valence-corrected chi connectivity index (χ3v) is 4.05. The number of aliphatic carboxylic acids is 1. The third-order valence-electron chi connectivity index (χ3n) is 4.05. The standard InChI is InChI=1S/C14H18FNO2/c1-2-10-3-4-14(6-10,13(17)18)7-11-5-12(15)9-16-8-11/h5,8-10H,2-4,6-7H2,1H3,(H,17,18). The molecule has 1 N–H and O–H groups in total. The van der Waals surface area contributed by atoms with E-state index >= 15 is 0 Å². The van der Waals surface area contributed by atoms with E-state index in [1.807, 2.05) is 0 Å². The van der Waals surface area contributed by atoms with Crippen LogP contribution in [0, 0.1) is 17.2 Å². The highest BCUT2D eigenvalue weighted by atomic mass is 19.1. The summed E-state index contributed by atoms with van der Waals surface area (Å²) in [6.45, 7) is 2.09. The second-order valence-corrected chi connectivity index (χ2v) is 5.29. The van der Waals surface area contributed by atoms with Gasteiger partial charge in [-0.2, -0.15) is 0 Å². The maximum Gasteiger partial charge on any atom is 0.309 e. The topological polar surface area (TPSA) is 50.2 Å². The van der Waals surface area contributed by atoms with Gasteiger partial charge in [0, 0.05) is 6.20 Å². The number of halogens is 1. The lowest BCUT2D eigenvalue weighted by Gasteiger charge is -2.24. The van der Waals surface area contributed by atoms with Crippen LogP contribution in [0.3, 0.4) is 0 Å². The molecular formula is C14H18FNO2. The minimum absolute atomic E-state index is 0.379. The van der Waals surface area contributed by atoms with Crippen LogP contribution in [0.25, 0.3) is 0 Å². The van der Waals surface area contributed by atoms with Crippen LogP contribution in [0.5, 0.6) is 0 Å². The molecule has 0 aliphatic heterocycles. The van der Waals surface area contributed by atoms with Crippen LogP contribution in [0.4, 0.5) is 4.39 Å². The van der Waals surface area contributed by atoms with Crippen molar-refractivity contribution in [2.24, 2.45) is 11.3 Å². The van der Waals surface area contributed by atoms with Crippen molar-refractivity contribution in [3.63, 3.8) is 0 Å². The predicted molar refractivity (Wildman–Crippen MR) is 65.6 cm³/mol. The average Bonchev–Trinajstić information content (AvgIpc) is 2.74. The van der Waals surface area contributed by atoms with Crippen LogP contribution in [0.2, 0.25) is 0 Å². The molecule has 1 aliphatic rings. The van der Waals surface area contributed by atoms with Crippen molar-refractivity contribution in [3.05, 3.63) is 29.8 Å². The first-order valence-corrected chi connectivity index (χ1v) is 6.38. The molecule has 0 saturated heterocycles. The lowest BCUT2D eigenvalue weighted by molar-refractivity contribution is -0.148. The summed E-state index contributed by atoms with van der Waals surface area (Å²) in [5.41, 5.74) is -0.0509. The van der Waals surface area contributed by atoms with Crippen molar-refractivity contribution >= 4 is 5.97 Å². The van der Waals surface area contributed by atoms with Gasteiger partial charge in [0.05, 0.1) is 11.6 Å². The van der Waals surface area contributed by atoms with Crippen molar-refractivity contribution in [2.75, 3.05) is 0 Å². The van der Waals surface area contributed by atoms with Gasteiger partial charge in [0.2, 0.25) is 0 Å². The maximum absolute atomic E-state index is 13.1. The van der Waals surface area contributed by atoms with Crippen molar-refractivity contribution in [1.82, 2.24) is 4.98 Å². The summed E-state index contributed by atoms with van der Waals surface area (Å²) in [4.78, 5) is 15.3. The predicted octanol–water partition coefficient (Wildman–Crippen LogP) is 3.04. The quantitative estimate of drug-likeness (QED) is 0.894. The smallest absolute Gasteiger partial charge is 0.309 e. The fourth-order valence-corrected chi connectivity index (χ4v) is 2.96. The molecule has 0 spiro atoms. The molecule has 1 fully saturated rings.